The van der Waals surface area contributed by atoms with Gasteiger partial charge in [0.2, 0.25) is 5.89 Å². The van der Waals surface area contributed by atoms with E-state index in [1.54, 1.807) is 18.2 Å². The Hall–Kier alpha value is -3.40. The van der Waals surface area contributed by atoms with E-state index in [0.29, 0.717) is 22.8 Å². The molecule has 0 bridgehead atoms. The van der Waals surface area contributed by atoms with Gasteiger partial charge in [-0.1, -0.05) is 49.0 Å². The first kappa shape index (κ1) is 14.2. The van der Waals surface area contributed by atoms with E-state index in [0.717, 1.165) is 22.4 Å². The van der Waals surface area contributed by atoms with Crippen molar-refractivity contribution in [1.29, 1.82) is 0 Å². The highest BCUT2D eigenvalue weighted by molar-refractivity contribution is 6.04. The van der Waals surface area contributed by atoms with Gasteiger partial charge >= 0.3 is 5.97 Å². The van der Waals surface area contributed by atoms with Gasteiger partial charge in [0.15, 0.2) is 5.58 Å². The molecule has 0 fully saturated rings. The highest BCUT2D eigenvalue weighted by Gasteiger charge is 2.15. The summed E-state index contributed by atoms with van der Waals surface area (Å²) in [6.45, 7) is 3.41. The predicted molar refractivity (Wildman–Crippen MR) is 92.8 cm³/mol. The van der Waals surface area contributed by atoms with E-state index in [-0.39, 0.29) is 0 Å². The van der Waals surface area contributed by atoms with Crippen LogP contribution in [0.25, 0.3) is 33.3 Å². The number of carbonyl (C=O) groups excluding carboxylic acids is 1. The number of para-hydroxylation sites is 1. The summed E-state index contributed by atoms with van der Waals surface area (Å²) in [4.78, 5) is 16.1. The summed E-state index contributed by atoms with van der Waals surface area (Å²) < 4.78 is 11.2. The summed E-state index contributed by atoms with van der Waals surface area (Å²) in [5.74, 6) is 0.274. The van der Waals surface area contributed by atoms with Crippen LogP contribution in [0.3, 0.4) is 0 Å². The van der Waals surface area contributed by atoms with Crippen molar-refractivity contribution in [2.75, 3.05) is 0 Å². The fraction of sp³-hybridized carbons (Fsp3) is 0. The van der Waals surface area contributed by atoms with E-state index in [9.17, 15) is 4.79 Å². The number of hydrogen-bond donors (Lipinski definition) is 0. The first-order valence-corrected chi connectivity index (χ1v) is 7.48. The van der Waals surface area contributed by atoms with Crippen molar-refractivity contribution in [3.8, 4) is 17.2 Å². The molecule has 24 heavy (non-hydrogen) atoms. The van der Waals surface area contributed by atoms with Gasteiger partial charge in [-0.2, -0.15) is 0 Å². The average Bonchev–Trinajstić information content (AvgIpc) is 3.06. The fourth-order valence-electron chi connectivity index (χ4n) is 2.66. The van der Waals surface area contributed by atoms with Gasteiger partial charge in [-0.05, 0) is 23.6 Å². The summed E-state index contributed by atoms with van der Waals surface area (Å²) in [6, 6.07) is 19.0. The Morgan fingerprint density at radius 2 is 1.83 bits per heavy atom. The molecule has 4 heteroatoms. The second kappa shape index (κ2) is 5.66. The SMILES string of the molecule is C=CC(=O)Oc1ccccc1-c1nc2c(ccc3ccccc32)o1. The van der Waals surface area contributed by atoms with Crippen LogP contribution < -0.4 is 4.74 Å². The lowest BCUT2D eigenvalue weighted by molar-refractivity contribution is -0.128. The summed E-state index contributed by atoms with van der Waals surface area (Å²) in [7, 11) is 0. The summed E-state index contributed by atoms with van der Waals surface area (Å²) >= 11 is 0. The van der Waals surface area contributed by atoms with E-state index < -0.39 is 5.97 Å². The number of ether oxygens (including phenoxy) is 1. The summed E-state index contributed by atoms with van der Waals surface area (Å²) in [5.41, 5.74) is 2.09. The zero-order valence-electron chi connectivity index (χ0n) is 12.7. The number of carbonyl (C=O) groups is 1. The molecule has 4 aromatic rings. The van der Waals surface area contributed by atoms with Crippen molar-refractivity contribution in [2.24, 2.45) is 0 Å². The molecule has 0 aliphatic heterocycles. The standard InChI is InChI=1S/C20H13NO3/c1-2-18(22)23-16-10-6-5-9-15(16)20-21-19-14-8-4-3-7-13(14)11-12-17(19)24-20/h2-12H,1H2. The molecule has 0 saturated heterocycles. The van der Waals surface area contributed by atoms with Crippen molar-refractivity contribution in [1.82, 2.24) is 4.98 Å². The van der Waals surface area contributed by atoms with Crippen molar-refractivity contribution in [3.63, 3.8) is 0 Å². The average molecular weight is 315 g/mol. The highest BCUT2D eigenvalue weighted by Crippen LogP contribution is 2.34. The van der Waals surface area contributed by atoms with Gasteiger partial charge in [-0.3, -0.25) is 0 Å². The van der Waals surface area contributed by atoms with Gasteiger partial charge < -0.3 is 9.15 Å². The third-order valence-corrected chi connectivity index (χ3v) is 3.78. The van der Waals surface area contributed by atoms with Crippen LogP contribution >= 0.6 is 0 Å². The molecule has 0 aliphatic carbocycles. The quantitative estimate of drug-likeness (QED) is 0.311. The molecule has 0 unspecified atom stereocenters. The minimum absolute atomic E-state index is 0.387. The van der Waals surface area contributed by atoms with Crippen molar-refractivity contribution >= 4 is 27.8 Å². The van der Waals surface area contributed by atoms with Gasteiger partial charge in [0.25, 0.3) is 0 Å². The molecule has 1 aromatic heterocycles. The van der Waals surface area contributed by atoms with Crippen LogP contribution in [0.5, 0.6) is 5.75 Å². The Balaban J connectivity index is 1.90. The van der Waals surface area contributed by atoms with Crippen LogP contribution in [-0.2, 0) is 4.79 Å². The number of oxazole rings is 1. The monoisotopic (exact) mass is 315 g/mol. The molecule has 0 radical (unpaired) electrons. The highest BCUT2D eigenvalue weighted by atomic mass is 16.5. The second-order valence-electron chi connectivity index (χ2n) is 5.27. The first-order valence-electron chi connectivity index (χ1n) is 7.48. The molecule has 0 saturated carbocycles. The maximum absolute atomic E-state index is 11.5. The molecule has 4 nitrogen and oxygen atoms in total. The second-order valence-corrected chi connectivity index (χ2v) is 5.27. The Morgan fingerprint density at radius 1 is 1.04 bits per heavy atom. The molecule has 116 valence electrons. The number of rotatable bonds is 3. The normalized spacial score (nSPS) is 10.8. The van der Waals surface area contributed by atoms with E-state index in [1.807, 2.05) is 42.5 Å². The third kappa shape index (κ3) is 2.34. The predicted octanol–water partition coefficient (Wildman–Crippen LogP) is 4.74. The number of esters is 1. The number of aromatic nitrogens is 1. The molecule has 3 aromatic carbocycles. The first-order chi connectivity index (χ1) is 11.8. The molecule has 1 heterocycles. The largest absolute Gasteiger partial charge is 0.436 e. The number of benzene rings is 3. The molecule has 0 N–H and O–H groups in total. The van der Waals surface area contributed by atoms with Crippen molar-refractivity contribution < 1.29 is 13.9 Å². The van der Waals surface area contributed by atoms with Crippen LogP contribution in [0.15, 0.2) is 77.7 Å². The van der Waals surface area contributed by atoms with E-state index in [4.69, 9.17) is 9.15 Å². The molecule has 0 spiro atoms. The summed E-state index contributed by atoms with van der Waals surface area (Å²) in [6.07, 6.45) is 1.12. The molecular weight excluding hydrogens is 302 g/mol. The fourth-order valence-corrected chi connectivity index (χ4v) is 2.66. The van der Waals surface area contributed by atoms with Crippen molar-refractivity contribution in [2.45, 2.75) is 0 Å². The lowest BCUT2D eigenvalue weighted by Crippen LogP contribution is -2.04. The molecule has 4 rings (SSSR count). The van der Waals surface area contributed by atoms with Gasteiger partial charge in [-0.15, -0.1) is 0 Å². The van der Waals surface area contributed by atoms with E-state index in [2.05, 4.69) is 11.6 Å². The van der Waals surface area contributed by atoms with Crippen molar-refractivity contribution in [3.05, 3.63) is 73.3 Å². The minimum Gasteiger partial charge on any atom is -0.436 e. The van der Waals surface area contributed by atoms with Crippen LogP contribution in [0.2, 0.25) is 0 Å². The van der Waals surface area contributed by atoms with Crippen LogP contribution in [0.4, 0.5) is 0 Å². The van der Waals surface area contributed by atoms with Gasteiger partial charge in [0, 0.05) is 11.5 Å². The van der Waals surface area contributed by atoms with Crippen LogP contribution in [-0.4, -0.2) is 11.0 Å². The van der Waals surface area contributed by atoms with E-state index in [1.165, 1.54) is 0 Å². The Bertz CT molecular complexity index is 1080. The smallest absolute Gasteiger partial charge is 0.335 e. The zero-order chi connectivity index (χ0) is 16.5. The minimum atomic E-state index is -0.524. The number of nitrogens with zero attached hydrogens (tertiary/aromatic N) is 1. The van der Waals surface area contributed by atoms with Gasteiger partial charge in [-0.25, -0.2) is 9.78 Å². The molecule has 0 atom stereocenters. The zero-order valence-corrected chi connectivity index (χ0v) is 12.7. The van der Waals surface area contributed by atoms with Crippen LogP contribution in [0, 0.1) is 0 Å². The Morgan fingerprint density at radius 3 is 2.71 bits per heavy atom. The maximum atomic E-state index is 11.5. The topological polar surface area (TPSA) is 52.3 Å². The maximum Gasteiger partial charge on any atom is 0.335 e. The number of fused-ring (bicyclic) bond motifs is 3. The van der Waals surface area contributed by atoms with E-state index >= 15 is 0 Å². The lowest BCUT2D eigenvalue weighted by atomic mass is 10.1. The van der Waals surface area contributed by atoms with Crippen LogP contribution in [0.1, 0.15) is 0 Å². The molecule has 0 amide bonds. The molecular formula is C20H13NO3. The van der Waals surface area contributed by atoms with Gasteiger partial charge in [0.05, 0.1) is 5.56 Å². The number of hydrogen-bond acceptors (Lipinski definition) is 4. The summed E-state index contributed by atoms with van der Waals surface area (Å²) in [5, 5.41) is 2.11. The Labute approximate surface area is 138 Å². The molecule has 0 aliphatic rings. The Kier molecular flexibility index (Phi) is 3.35. The lowest BCUT2D eigenvalue weighted by Gasteiger charge is -2.05. The third-order valence-electron chi connectivity index (χ3n) is 3.78. The van der Waals surface area contributed by atoms with Gasteiger partial charge in [0.1, 0.15) is 11.3 Å².